The molecule has 0 aliphatic rings. The molecule has 1 aromatic rings. The summed E-state index contributed by atoms with van der Waals surface area (Å²) in [6, 6.07) is 0.333. The zero-order chi connectivity index (χ0) is 32.0. The van der Waals surface area contributed by atoms with Gasteiger partial charge in [-0.2, -0.15) is 74.6 Å². The zero-order valence-electron chi connectivity index (χ0n) is 20.0. The Morgan fingerprint density at radius 3 is 1.55 bits per heavy atom. The van der Waals surface area contributed by atoms with E-state index in [1.165, 1.54) is 13.8 Å². The van der Waals surface area contributed by atoms with E-state index in [0.29, 0.717) is 12.1 Å². The molecule has 0 atom stereocenters. The van der Waals surface area contributed by atoms with E-state index < -0.39 is 84.1 Å². The minimum Gasteiger partial charge on any atom is -0.490 e. The Labute approximate surface area is 215 Å². The van der Waals surface area contributed by atoms with Crippen LogP contribution < -0.4 is 4.74 Å². The Bertz CT molecular complexity index is 1040. The first-order chi connectivity index (χ1) is 17.5. The lowest BCUT2D eigenvalue weighted by Crippen LogP contribution is -2.72. The maximum absolute atomic E-state index is 14.5. The molecule has 1 rings (SSSR count). The Morgan fingerprint density at radius 2 is 1.12 bits per heavy atom. The second kappa shape index (κ2) is 10.8. The normalized spacial score (nSPS) is 15.0. The van der Waals surface area contributed by atoms with Gasteiger partial charge in [0.15, 0.2) is 0 Å². The number of hydrogen-bond donors (Lipinski definition) is 0. The van der Waals surface area contributed by atoms with Crippen LogP contribution in [0.4, 0.5) is 74.6 Å². The summed E-state index contributed by atoms with van der Waals surface area (Å²) in [5.74, 6) is -53.6. The van der Waals surface area contributed by atoms with Crippen molar-refractivity contribution in [3.05, 3.63) is 35.9 Å². The van der Waals surface area contributed by atoms with Crippen molar-refractivity contribution in [1.29, 1.82) is 0 Å². The summed E-state index contributed by atoms with van der Waals surface area (Å²) < 4.78 is 238. The van der Waals surface area contributed by atoms with Crippen molar-refractivity contribution < 1.29 is 79.4 Å². The quantitative estimate of drug-likeness (QED) is 0.199. The molecule has 0 spiro atoms. The molecule has 0 N–H and O–H groups in total. The van der Waals surface area contributed by atoms with Crippen LogP contribution in [0.25, 0.3) is 6.08 Å². The number of rotatable bonds is 13. The van der Waals surface area contributed by atoms with E-state index in [1.54, 1.807) is 0 Å². The van der Waals surface area contributed by atoms with Crippen LogP contribution in [-0.4, -0.2) is 47.8 Å². The van der Waals surface area contributed by atoms with E-state index in [-0.39, 0.29) is 17.9 Å². The lowest BCUT2D eigenvalue weighted by molar-refractivity contribution is -0.443. The first kappa shape index (κ1) is 35.6. The summed E-state index contributed by atoms with van der Waals surface area (Å²) in [6.45, 7) is 5.87. The molecule has 1 aromatic carbocycles. The van der Waals surface area contributed by atoms with Gasteiger partial charge in [-0.15, -0.1) is 0 Å². The molecule has 40 heavy (non-hydrogen) atoms. The molecule has 0 fully saturated rings. The highest BCUT2D eigenvalue weighted by Crippen LogP contribution is 2.64. The molecular weight excluding hydrogens is 603 g/mol. The van der Waals surface area contributed by atoms with Gasteiger partial charge in [0, 0.05) is 24.0 Å². The van der Waals surface area contributed by atoms with Gasteiger partial charge in [0.05, 0.1) is 6.10 Å². The molecule has 0 aliphatic carbocycles. The van der Waals surface area contributed by atoms with Crippen molar-refractivity contribution in [2.24, 2.45) is 0 Å². The van der Waals surface area contributed by atoms with Gasteiger partial charge in [-0.1, -0.05) is 12.7 Å². The van der Waals surface area contributed by atoms with Crippen LogP contribution >= 0.6 is 0 Å². The minimum atomic E-state index is -8.33. The highest BCUT2D eigenvalue weighted by atomic mass is 19.4. The van der Waals surface area contributed by atoms with Crippen LogP contribution in [0, 0.1) is 0 Å². The van der Waals surface area contributed by atoms with Crippen molar-refractivity contribution in [2.75, 3.05) is 0 Å². The van der Waals surface area contributed by atoms with Crippen molar-refractivity contribution in [3.63, 3.8) is 0 Å². The highest BCUT2D eigenvalue weighted by molar-refractivity contribution is 5.57. The third-order valence-corrected chi connectivity index (χ3v) is 5.34. The smallest absolute Gasteiger partial charge is 0.389 e. The average Bonchev–Trinajstić information content (AvgIpc) is 2.76. The Hall–Kier alpha value is -2.43. The summed E-state index contributed by atoms with van der Waals surface area (Å²) >= 11 is 0. The second-order valence-electron chi connectivity index (χ2n) is 8.74. The largest absolute Gasteiger partial charge is 0.490 e. The molecule has 0 aromatic heterocycles. The van der Waals surface area contributed by atoms with E-state index in [9.17, 15) is 74.6 Å². The van der Waals surface area contributed by atoms with E-state index in [2.05, 4.69) is 6.58 Å². The molecule has 0 unspecified atom stereocenters. The molecule has 0 radical (unpaired) electrons. The maximum atomic E-state index is 14.5. The van der Waals surface area contributed by atoms with Gasteiger partial charge in [0.25, 0.3) is 0 Å². The van der Waals surface area contributed by atoms with Gasteiger partial charge in [0.2, 0.25) is 0 Å². The topological polar surface area (TPSA) is 9.23 Å². The number of benzene rings is 1. The fourth-order valence-corrected chi connectivity index (χ4v) is 3.13. The molecular formula is C22H19F17O. The van der Waals surface area contributed by atoms with E-state index in [0.717, 1.165) is 0 Å². The first-order valence-corrected chi connectivity index (χ1v) is 10.7. The third kappa shape index (κ3) is 5.94. The molecule has 0 saturated carbocycles. The lowest BCUT2D eigenvalue weighted by atomic mass is 9.86. The SMILES string of the molecule is C=Cc1cc(C(F)(F)C(F)(F)C(F)(F)C(F)(F)C(F)(F)C(F)(F)C(F)(F)CCCC(F)(F)F)ccc1OC(C)C. The fourth-order valence-electron chi connectivity index (χ4n) is 3.13. The van der Waals surface area contributed by atoms with Gasteiger partial charge in [0.1, 0.15) is 5.75 Å². The molecule has 0 saturated heterocycles. The standard InChI is InChI=1S/C22H19F17O/c1-4-12-10-13(6-7-14(12)40-11(2)3)17(28,29)19(32,33)21(36,37)22(38,39)20(34,35)18(30,31)15(23,24)8-5-9-16(25,26)27/h4,6-7,10-11H,1,5,8-9H2,2-3H3. The van der Waals surface area contributed by atoms with Crippen LogP contribution in [0.1, 0.15) is 44.2 Å². The van der Waals surface area contributed by atoms with Crippen molar-refractivity contribution >= 4 is 6.08 Å². The molecule has 0 bridgehead atoms. The summed E-state index contributed by atoms with van der Waals surface area (Å²) in [5.41, 5.74) is -2.86. The molecule has 0 aliphatic heterocycles. The average molecular weight is 622 g/mol. The summed E-state index contributed by atoms with van der Waals surface area (Å²) in [7, 11) is 0. The number of hydrogen-bond acceptors (Lipinski definition) is 1. The molecule has 18 heteroatoms. The third-order valence-electron chi connectivity index (χ3n) is 5.34. The highest BCUT2D eigenvalue weighted by Gasteiger charge is 2.92. The van der Waals surface area contributed by atoms with Gasteiger partial charge in [-0.05, 0) is 38.5 Å². The zero-order valence-corrected chi connectivity index (χ0v) is 20.0. The summed E-state index contributed by atoms with van der Waals surface area (Å²) in [6.07, 6.45) is -12.8. The lowest BCUT2D eigenvalue weighted by Gasteiger charge is -2.42. The van der Waals surface area contributed by atoms with Crippen LogP contribution in [0.5, 0.6) is 5.75 Å². The Balaban J connectivity index is 3.59. The predicted molar refractivity (Wildman–Crippen MR) is 106 cm³/mol. The molecule has 232 valence electrons. The van der Waals surface area contributed by atoms with Crippen LogP contribution in [0.3, 0.4) is 0 Å². The van der Waals surface area contributed by atoms with Crippen molar-refractivity contribution in [1.82, 2.24) is 0 Å². The monoisotopic (exact) mass is 622 g/mol. The predicted octanol–water partition coefficient (Wildman–Crippen LogP) is 9.75. The van der Waals surface area contributed by atoms with Gasteiger partial charge in [-0.25, -0.2) is 0 Å². The summed E-state index contributed by atoms with van der Waals surface area (Å²) in [5, 5.41) is 0. The number of halogens is 17. The van der Waals surface area contributed by atoms with Crippen LogP contribution in [0.2, 0.25) is 0 Å². The number of alkyl halides is 17. The minimum absolute atomic E-state index is 0.0472. The molecule has 0 heterocycles. The fraction of sp³-hybridized carbons (Fsp3) is 0.636. The van der Waals surface area contributed by atoms with Gasteiger partial charge < -0.3 is 4.74 Å². The number of ether oxygens (including phenoxy) is 1. The van der Waals surface area contributed by atoms with Crippen molar-refractivity contribution in [2.45, 2.75) is 86.8 Å². The van der Waals surface area contributed by atoms with Gasteiger partial charge in [-0.3, -0.25) is 0 Å². The summed E-state index contributed by atoms with van der Waals surface area (Å²) in [4.78, 5) is 0. The Morgan fingerprint density at radius 1 is 0.675 bits per heavy atom. The van der Waals surface area contributed by atoms with Crippen LogP contribution in [-0.2, 0) is 5.92 Å². The van der Waals surface area contributed by atoms with E-state index >= 15 is 0 Å². The first-order valence-electron chi connectivity index (χ1n) is 10.7. The van der Waals surface area contributed by atoms with E-state index in [4.69, 9.17) is 4.74 Å². The van der Waals surface area contributed by atoms with E-state index in [1.807, 2.05) is 0 Å². The van der Waals surface area contributed by atoms with Crippen LogP contribution in [0.15, 0.2) is 24.8 Å². The molecule has 1 nitrogen and oxygen atoms in total. The van der Waals surface area contributed by atoms with Crippen molar-refractivity contribution in [3.8, 4) is 5.75 Å². The molecule has 0 amide bonds. The second-order valence-corrected chi connectivity index (χ2v) is 8.74. The maximum Gasteiger partial charge on any atom is 0.389 e. The van der Waals surface area contributed by atoms with Gasteiger partial charge >= 0.3 is 47.6 Å². The Kier molecular flexibility index (Phi) is 9.58.